The minimum Gasteiger partial charge on any atom is -0.303 e. The molecule has 4 heteroatoms. The maximum absolute atomic E-state index is 9.17. The van der Waals surface area contributed by atoms with Crippen molar-refractivity contribution in [3.05, 3.63) is 36.4 Å². The van der Waals surface area contributed by atoms with Crippen molar-refractivity contribution in [2.75, 3.05) is 13.3 Å². The molecule has 98 valence electrons. The van der Waals surface area contributed by atoms with E-state index >= 15 is 0 Å². The Morgan fingerprint density at radius 2 is 1.50 bits per heavy atom. The summed E-state index contributed by atoms with van der Waals surface area (Å²) in [5, 5.41) is 11.6. The number of thioether (sulfide) groups is 1. The summed E-state index contributed by atoms with van der Waals surface area (Å²) in [6.07, 6.45) is 2.07. The van der Waals surface area contributed by atoms with E-state index in [1.54, 1.807) is 18.8 Å². The molecule has 0 saturated carbocycles. The third-order valence-corrected chi connectivity index (χ3v) is 3.71. The SMILES string of the molecule is CC.CSc1ccc2ccc(SN(C)O)cc2c1. The second kappa shape index (κ2) is 7.69. The van der Waals surface area contributed by atoms with Crippen LogP contribution < -0.4 is 0 Å². The molecule has 0 bridgehead atoms. The predicted molar refractivity (Wildman–Crippen MR) is 82.5 cm³/mol. The third kappa shape index (κ3) is 4.21. The van der Waals surface area contributed by atoms with Crippen molar-refractivity contribution in [2.45, 2.75) is 23.6 Å². The number of hydrogen-bond acceptors (Lipinski definition) is 4. The fraction of sp³-hybridized carbons (Fsp3) is 0.286. The minimum atomic E-state index is 1.04. The number of nitrogens with zero attached hydrogens (tertiary/aromatic N) is 1. The normalized spacial score (nSPS) is 10.3. The molecule has 0 heterocycles. The highest BCUT2D eigenvalue weighted by molar-refractivity contribution is 7.98. The summed E-state index contributed by atoms with van der Waals surface area (Å²) in [5.41, 5.74) is 0. The lowest BCUT2D eigenvalue weighted by Gasteiger charge is -2.08. The Kier molecular flexibility index (Phi) is 6.57. The van der Waals surface area contributed by atoms with Gasteiger partial charge in [0, 0.05) is 16.8 Å². The quantitative estimate of drug-likeness (QED) is 0.490. The average molecular weight is 281 g/mol. The topological polar surface area (TPSA) is 23.5 Å². The lowest BCUT2D eigenvalue weighted by molar-refractivity contribution is 0.0454. The first-order valence-corrected chi connectivity index (χ1v) is 7.87. The number of fused-ring (bicyclic) bond motifs is 1. The first-order chi connectivity index (χ1) is 8.69. The van der Waals surface area contributed by atoms with E-state index in [2.05, 4.69) is 36.6 Å². The van der Waals surface area contributed by atoms with Gasteiger partial charge in [-0.25, -0.2) is 0 Å². The number of benzene rings is 2. The largest absolute Gasteiger partial charge is 0.303 e. The molecule has 0 saturated heterocycles. The second-order valence-electron chi connectivity index (χ2n) is 3.43. The molecule has 0 unspecified atom stereocenters. The van der Waals surface area contributed by atoms with E-state index in [1.807, 2.05) is 19.9 Å². The standard InChI is InChI=1S/C12H13NOS2.C2H6/c1-13(14)16-12-6-4-9-3-5-11(15-2)7-10(9)8-12;1-2/h3-8,14H,1-2H3;1-2H3. The summed E-state index contributed by atoms with van der Waals surface area (Å²) in [7, 11) is 1.62. The van der Waals surface area contributed by atoms with Gasteiger partial charge in [-0.15, -0.1) is 16.2 Å². The van der Waals surface area contributed by atoms with E-state index in [-0.39, 0.29) is 0 Å². The van der Waals surface area contributed by atoms with Crippen LogP contribution in [0.3, 0.4) is 0 Å². The van der Waals surface area contributed by atoms with Crippen LogP contribution in [-0.4, -0.2) is 23.0 Å². The van der Waals surface area contributed by atoms with Crippen LogP contribution in [0.1, 0.15) is 13.8 Å². The van der Waals surface area contributed by atoms with E-state index in [9.17, 15) is 5.21 Å². The third-order valence-electron chi connectivity index (χ3n) is 2.26. The minimum absolute atomic E-state index is 1.04. The van der Waals surface area contributed by atoms with Gasteiger partial charge < -0.3 is 5.21 Å². The van der Waals surface area contributed by atoms with Gasteiger partial charge in [-0.2, -0.15) is 0 Å². The molecule has 18 heavy (non-hydrogen) atoms. The van der Waals surface area contributed by atoms with Crippen molar-refractivity contribution in [1.82, 2.24) is 4.47 Å². The van der Waals surface area contributed by atoms with Crippen molar-refractivity contribution in [1.29, 1.82) is 0 Å². The Hall–Kier alpha value is -0.680. The maximum Gasteiger partial charge on any atom is 0.0258 e. The molecule has 0 atom stereocenters. The lowest BCUT2D eigenvalue weighted by Crippen LogP contribution is -1.99. The van der Waals surface area contributed by atoms with Gasteiger partial charge >= 0.3 is 0 Å². The zero-order valence-corrected chi connectivity index (χ0v) is 12.8. The van der Waals surface area contributed by atoms with Crippen LogP contribution in [0.25, 0.3) is 10.8 Å². The molecule has 2 aromatic carbocycles. The highest BCUT2D eigenvalue weighted by atomic mass is 32.2. The molecule has 0 spiro atoms. The van der Waals surface area contributed by atoms with Crippen LogP contribution >= 0.6 is 23.7 Å². The molecule has 0 radical (unpaired) electrons. The van der Waals surface area contributed by atoms with Gasteiger partial charge in [0.15, 0.2) is 0 Å². The van der Waals surface area contributed by atoms with Crippen LogP contribution in [0.15, 0.2) is 46.2 Å². The van der Waals surface area contributed by atoms with E-state index in [0.717, 1.165) is 9.36 Å². The summed E-state index contributed by atoms with van der Waals surface area (Å²) >= 11 is 3.05. The van der Waals surface area contributed by atoms with E-state index in [1.165, 1.54) is 27.6 Å². The summed E-state index contributed by atoms with van der Waals surface area (Å²) in [6.45, 7) is 4.00. The van der Waals surface area contributed by atoms with E-state index in [4.69, 9.17) is 0 Å². The zero-order valence-electron chi connectivity index (χ0n) is 11.2. The average Bonchev–Trinajstić information content (AvgIpc) is 2.39. The van der Waals surface area contributed by atoms with Gasteiger partial charge in [0.1, 0.15) is 0 Å². The second-order valence-corrected chi connectivity index (χ2v) is 5.49. The van der Waals surface area contributed by atoms with Crippen molar-refractivity contribution in [2.24, 2.45) is 0 Å². The summed E-state index contributed by atoms with van der Waals surface area (Å²) in [5.74, 6) is 0. The summed E-state index contributed by atoms with van der Waals surface area (Å²) in [6, 6.07) is 12.6. The molecule has 1 N–H and O–H groups in total. The van der Waals surface area contributed by atoms with Gasteiger partial charge in [-0.1, -0.05) is 26.0 Å². The van der Waals surface area contributed by atoms with Crippen molar-refractivity contribution >= 4 is 34.5 Å². The molecule has 0 aliphatic rings. The van der Waals surface area contributed by atoms with Crippen molar-refractivity contribution in [3.63, 3.8) is 0 Å². The van der Waals surface area contributed by atoms with Gasteiger partial charge in [-0.3, -0.25) is 0 Å². The van der Waals surface area contributed by atoms with E-state index in [0.29, 0.717) is 0 Å². The van der Waals surface area contributed by atoms with Crippen LogP contribution in [0.5, 0.6) is 0 Å². The Morgan fingerprint density at radius 1 is 0.944 bits per heavy atom. The predicted octanol–water partition coefficient (Wildman–Crippen LogP) is 4.92. The van der Waals surface area contributed by atoms with Gasteiger partial charge in [-0.05, 0) is 53.2 Å². The molecule has 0 fully saturated rings. The van der Waals surface area contributed by atoms with Crippen LogP contribution in [0.4, 0.5) is 0 Å². The molecular formula is C14H19NOS2. The molecule has 2 nitrogen and oxygen atoms in total. The molecule has 2 rings (SSSR count). The number of hydroxylamine groups is 1. The fourth-order valence-corrected chi connectivity index (χ4v) is 2.60. The van der Waals surface area contributed by atoms with Crippen LogP contribution in [0.2, 0.25) is 0 Å². The Balaban J connectivity index is 0.000000771. The Bertz CT molecular complexity index is 500. The molecule has 2 aromatic rings. The monoisotopic (exact) mass is 281 g/mol. The number of rotatable bonds is 3. The van der Waals surface area contributed by atoms with E-state index < -0.39 is 0 Å². The highest BCUT2D eigenvalue weighted by Crippen LogP contribution is 2.27. The zero-order chi connectivity index (χ0) is 13.5. The molecule has 0 amide bonds. The summed E-state index contributed by atoms with van der Waals surface area (Å²) < 4.78 is 1.11. The maximum atomic E-state index is 9.17. The number of hydrogen-bond donors (Lipinski definition) is 1. The smallest absolute Gasteiger partial charge is 0.0258 e. The molecule has 0 aliphatic heterocycles. The summed E-state index contributed by atoms with van der Waals surface area (Å²) in [4.78, 5) is 2.29. The first kappa shape index (κ1) is 15.4. The highest BCUT2D eigenvalue weighted by Gasteiger charge is 2.00. The first-order valence-electron chi connectivity index (χ1n) is 5.87. The van der Waals surface area contributed by atoms with Crippen LogP contribution in [-0.2, 0) is 0 Å². The molecule has 0 aliphatic carbocycles. The van der Waals surface area contributed by atoms with Crippen LogP contribution in [0, 0.1) is 0 Å². The lowest BCUT2D eigenvalue weighted by atomic mass is 10.1. The van der Waals surface area contributed by atoms with Gasteiger partial charge in [0.2, 0.25) is 0 Å². The van der Waals surface area contributed by atoms with Gasteiger partial charge in [0.05, 0.1) is 0 Å². The van der Waals surface area contributed by atoms with Crippen molar-refractivity contribution in [3.8, 4) is 0 Å². The fourth-order valence-electron chi connectivity index (χ4n) is 1.54. The van der Waals surface area contributed by atoms with Gasteiger partial charge in [0.25, 0.3) is 0 Å². The van der Waals surface area contributed by atoms with Crippen molar-refractivity contribution < 1.29 is 5.21 Å². The molecule has 0 aromatic heterocycles. The molecular weight excluding hydrogens is 262 g/mol. The Labute approximate surface area is 117 Å². The Morgan fingerprint density at radius 3 is 2.06 bits per heavy atom.